The van der Waals surface area contributed by atoms with Crippen molar-refractivity contribution in [3.8, 4) is 11.3 Å². The number of rotatable bonds is 6. The van der Waals surface area contributed by atoms with Gasteiger partial charge in [-0.25, -0.2) is 8.42 Å². The van der Waals surface area contributed by atoms with Crippen molar-refractivity contribution in [1.29, 1.82) is 0 Å². The number of aromatic nitrogens is 1. The van der Waals surface area contributed by atoms with Crippen LogP contribution in [0.5, 0.6) is 0 Å². The molecule has 4 rings (SSSR count). The number of carbonyl (C=O) groups is 1. The number of nitrogens with one attached hydrogen (secondary N) is 3. The van der Waals surface area contributed by atoms with Gasteiger partial charge in [0, 0.05) is 22.1 Å². The number of sulfonamides is 1. The number of H-pyrrole nitrogens is 1. The molecule has 0 aliphatic carbocycles. The lowest BCUT2D eigenvalue weighted by atomic mass is 10.1. The van der Waals surface area contributed by atoms with Crippen LogP contribution in [0.25, 0.3) is 11.3 Å². The molecule has 0 aliphatic heterocycles. The second kappa shape index (κ2) is 9.32. The highest BCUT2D eigenvalue weighted by molar-refractivity contribution is 7.92. The van der Waals surface area contributed by atoms with Crippen LogP contribution >= 0.6 is 11.6 Å². The lowest BCUT2D eigenvalue weighted by molar-refractivity contribution is 0.102. The Bertz CT molecular complexity index is 1470. The van der Waals surface area contributed by atoms with Gasteiger partial charge in [0.2, 0.25) is 0 Å². The second-order valence-corrected chi connectivity index (χ2v) is 9.19. The maximum Gasteiger partial charge on any atom is 0.261 e. The minimum absolute atomic E-state index is 0.0522. The molecule has 7 nitrogen and oxygen atoms in total. The first kappa shape index (κ1) is 22.3. The highest BCUT2D eigenvalue weighted by Gasteiger charge is 2.17. The highest BCUT2D eigenvalue weighted by Crippen LogP contribution is 2.21. The first-order chi connectivity index (χ1) is 15.8. The van der Waals surface area contributed by atoms with Crippen LogP contribution in [0, 0.1) is 0 Å². The van der Waals surface area contributed by atoms with Gasteiger partial charge in [-0.2, -0.15) is 0 Å². The maximum absolute atomic E-state index is 12.7. The molecule has 33 heavy (non-hydrogen) atoms. The van der Waals surface area contributed by atoms with E-state index >= 15 is 0 Å². The molecule has 9 heteroatoms. The number of hydrogen-bond donors (Lipinski definition) is 3. The lowest BCUT2D eigenvalue weighted by Gasteiger charge is -2.10. The quantitative estimate of drug-likeness (QED) is 0.371. The minimum atomic E-state index is -3.91. The number of halogens is 1. The molecule has 0 saturated carbocycles. The summed E-state index contributed by atoms with van der Waals surface area (Å²) in [6.07, 6.45) is 0. The zero-order valence-electron chi connectivity index (χ0n) is 17.1. The van der Waals surface area contributed by atoms with Crippen molar-refractivity contribution < 1.29 is 13.2 Å². The first-order valence-corrected chi connectivity index (χ1v) is 11.7. The lowest BCUT2D eigenvalue weighted by Crippen LogP contribution is -2.23. The van der Waals surface area contributed by atoms with Crippen molar-refractivity contribution in [2.45, 2.75) is 4.90 Å². The molecule has 166 valence electrons. The van der Waals surface area contributed by atoms with Gasteiger partial charge in [0.1, 0.15) is 5.56 Å². The zero-order valence-corrected chi connectivity index (χ0v) is 18.7. The number of anilines is 2. The second-order valence-electron chi connectivity index (χ2n) is 7.08. The predicted molar refractivity (Wildman–Crippen MR) is 129 cm³/mol. The molecule has 1 heterocycles. The number of hydrogen-bond acceptors (Lipinski definition) is 4. The average molecular weight is 480 g/mol. The minimum Gasteiger partial charge on any atom is -0.322 e. The summed E-state index contributed by atoms with van der Waals surface area (Å²) in [5, 5.41) is 3.05. The Morgan fingerprint density at radius 1 is 0.818 bits per heavy atom. The summed E-state index contributed by atoms with van der Waals surface area (Å²) in [5.74, 6) is -0.656. The Hall–Kier alpha value is -3.88. The average Bonchev–Trinajstić information content (AvgIpc) is 2.81. The maximum atomic E-state index is 12.7. The third-order valence-corrected chi connectivity index (χ3v) is 6.37. The van der Waals surface area contributed by atoms with Gasteiger partial charge in [-0.1, -0.05) is 48.0 Å². The molecule has 0 fully saturated rings. The first-order valence-electron chi connectivity index (χ1n) is 9.80. The van der Waals surface area contributed by atoms with E-state index in [1.54, 1.807) is 18.2 Å². The Balaban J connectivity index is 1.53. The normalized spacial score (nSPS) is 11.1. The fourth-order valence-electron chi connectivity index (χ4n) is 3.11. The van der Waals surface area contributed by atoms with E-state index < -0.39 is 21.5 Å². The fourth-order valence-corrected chi connectivity index (χ4v) is 4.34. The van der Waals surface area contributed by atoms with E-state index in [1.165, 1.54) is 42.5 Å². The largest absolute Gasteiger partial charge is 0.322 e. The number of benzene rings is 3. The van der Waals surface area contributed by atoms with Crippen molar-refractivity contribution in [3.05, 3.63) is 112 Å². The highest BCUT2D eigenvalue weighted by atomic mass is 35.5. The van der Waals surface area contributed by atoms with E-state index in [1.807, 2.05) is 30.3 Å². The molecule has 1 aromatic heterocycles. The van der Waals surface area contributed by atoms with Crippen molar-refractivity contribution in [2.24, 2.45) is 0 Å². The number of amides is 1. The van der Waals surface area contributed by atoms with Gasteiger partial charge in [-0.3, -0.25) is 14.3 Å². The van der Waals surface area contributed by atoms with Crippen LogP contribution in [0.3, 0.4) is 0 Å². The SMILES string of the molecule is O=C(Nc1cccc(S(=O)(=O)Nc2ccc(Cl)cc2)c1)c1ccc(-c2ccccc2)[nH]c1=O. The molecule has 0 bridgehead atoms. The number of aromatic amines is 1. The van der Waals surface area contributed by atoms with Gasteiger partial charge in [0.05, 0.1) is 4.90 Å². The van der Waals surface area contributed by atoms with Crippen LogP contribution in [0.2, 0.25) is 5.02 Å². The Kier molecular flexibility index (Phi) is 6.30. The molecule has 3 N–H and O–H groups in total. The van der Waals surface area contributed by atoms with E-state index in [0.717, 1.165) is 5.56 Å². The Morgan fingerprint density at radius 2 is 1.55 bits per heavy atom. The van der Waals surface area contributed by atoms with Crippen LogP contribution in [-0.2, 0) is 10.0 Å². The molecule has 0 aliphatic rings. The third-order valence-electron chi connectivity index (χ3n) is 4.74. The standard InChI is InChI=1S/C24H18ClN3O4S/c25-17-9-11-18(12-10-17)28-33(31,32)20-8-4-7-19(15-20)26-23(29)21-13-14-22(27-24(21)30)16-5-2-1-3-6-16/h1-15,28H,(H,26,29)(H,27,30). The van der Waals surface area contributed by atoms with Crippen LogP contribution in [0.4, 0.5) is 11.4 Å². The van der Waals surface area contributed by atoms with Crippen LogP contribution in [-0.4, -0.2) is 19.3 Å². The Labute approximate surface area is 195 Å². The molecule has 4 aromatic rings. The smallest absolute Gasteiger partial charge is 0.261 e. The van der Waals surface area contributed by atoms with Gasteiger partial charge in [-0.15, -0.1) is 0 Å². The molecule has 0 unspecified atom stereocenters. The van der Waals surface area contributed by atoms with E-state index in [0.29, 0.717) is 16.4 Å². The van der Waals surface area contributed by atoms with Gasteiger partial charge >= 0.3 is 0 Å². The van der Waals surface area contributed by atoms with Crippen molar-refractivity contribution in [3.63, 3.8) is 0 Å². The van der Waals surface area contributed by atoms with E-state index in [-0.39, 0.29) is 16.1 Å². The molecule has 0 spiro atoms. The summed E-state index contributed by atoms with van der Waals surface area (Å²) in [6, 6.07) is 24.3. The van der Waals surface area contributed by atoms with Gasteiger partial charge in [-0.05, 0) is 60.2 Å². The summed E-state index contributed by atoms with van der Waals surface area (Å²) in [5.41, 5.74) is 1.32. The molecule has 3 aromatic carbocycles. The van der Waals surface area contributed by atoms with Crippen LogP contribution in [0.15, 0.2) is 101 Å². The van der Waals surface area contributed by atoms with Gasteiger partial charge < -0.3 is 10.3 Å². The summed E-state index contributed by atoms with van der Waals surface area (Å²) in [4.78, 5) is 27.8. The summed E-state index contributed by atoms with van der Waals surface area (Å²) in [6.45, 7) is 0. The molecule has 0 radical (unpaired) electrons. The van der Waals surface area contributed by atoms with E-state index in [9.17, 15) is 18.0 Å². The van der Waals surface area contributed by atoms with Gasteiger partial charge in [0.15, 0.2) is 0 Å². The number of pyridine rings is 1. The third kappa shape index (κ3) is 5.31. The van der Waals surface area contributed by atoms with Crippen molar-refractivity contribution in [1.82, 2.24) is 4.98 Å². The fraction of sp³-hybridized carbons (Fsp3) is 0. The molecule has 1 amide bonds. The topological polar surface area (TPSA) is 108 Å². The van der Waals surface area contributed by atoms with Crippen molar-refractivity contribution in [2.75, 3.05) is 10.0 Å². The molecule has 0 saturated heterocycles. The Morgan fingerprint density at radius 3 is 2.24 bits per heavy atom. The van der Waals surface area contributed by atoms with Crippen LogP contribution in [0.1, 0.15) is 10.4 Å². The molecular weight excluding hydrogens is 462 g/mol. The van der Waals surface area contributed by atoms with Crippen LogP contribution < -0.4 is 15.6 Å². The van der Waals surface area contributed by atoms with Crippen molar-refractivity contribution >= 4 is 38.9 Å². The summed E-state index contributed by atoms with van der Waals surface area (Å²) in [7, 11) is -3.91. The molecular formula is C24H18ClN3O4S. The summed E-state index contributed by atoms with van der Waals surface area (Å²) < 4.78 is 27.9. The molecule has 0 atom stereocenters. The van der Waals surface area contributed by atoms with Gasteiger partial charge in [0.25, 0.3) is 21.5 Å². The van der Waals surface area contributed by atoms with E-state index in [4.69, 9.17) is 11.6 Å². The van der Waals surface area contributed by atoms with E-state index in [2.05, 4.69) is 15.0 Å². The summed E-state index contributed by atoms with van der Waals surface area (Å²) >= 11 is 5.83. The monoisotopic (exact) mass is 479 g/mol. The predicted octanol–water partition coefficient (Wildman–Crippen LogP) is 4.75. The zero-order chi connectivity index (χ0) is 23.4. The number of carbonyl (C=O) groups excluding carboxylic acids is 1.